The maximum Gasteiger partial charge on any atom is 0.219 e. The average molecular weight is 257 g/mol. The first kappa shape index (κ1) is 12.4. The number of carbonyl (C=O) groups excluding carboxylic acids is 2. The highest BCUT2D eigenvalue weighted by atomic mass is 16.2. The molecular weight excluding hydrogens is 238 g/mol. The molecule has 0 saturated carbocycles. The summed E-state index contributed by atoms with van der Waals surface area (Å²) in [6.45, 7) is 3.06. The van der Waals surface area contributed by atoms with Gasteiger partial charge in [0.2, 0.25) is 5.91 Å². The van der Waals surface area contributed by atoms with Crippen LogP contribution >= 0.6 is 0 Å². The molecule has 1 aliphatic heterocycles. The fourth-order valence-electron chi connectivity index (χ4n) is 3.46. The van der Waals surface area contributed by atoms with Crippen molar-refractivity contribution in [1.29, 1.82) is 0 Å². The Bertz CT molecular complexity index is 527. The third kappa shape index (κ3) is 1.97. The third-order valence-electron chi connectivity index (χ3n) is 4.78. The zero-order valence-corrected chi connectivity index (χ0v) is 11.3. The molecule has 3 rings (SSSR count). The molecule has 0 radical (unpaired) electrons. The Balaban J connectivity index is 1.85. The molecule has 0 unspecified atom stereocenters. The molecule has 1 spiro atoms. The second kappa shape index (κ2) is 4.48. The molecule has 1 amide bonds. The fraction of sp³-hybridized carbons (Fsp3) is 0.500. The number of ketones is 1. The van der Waals surface area contributed by atoms with Gasteiger partial charge in [-0.3, -0.25) is 9.59 Å². The van der Waals surface area contributed by atoms with E-state index in [0.717, 1.165) is 44.3 Å². The van der Waals surface area contributed by atoms with E-state index in [9.17, 15) is 9.59 Å². The maximum absolute atomic E-state index is 12.8. The summed E-state index contributed by atoms with van der Waals surface area (Å²) in [5, 5.41) is 0. The fourth-order valence-corrected chi connectivity index (χ4v) is 3.46. The number of carbonyl (C=O) groups is 2. The van der Waals surface area contributed by atoms with Crippen LogP contribution in [0.25, 0.3) is 0 Å². The summed E-state index contributed by atoms with van der Waals surface area (Å²) in [4.78, 5) is 26.0. The van der Waals surface area contributed by atoms with Crippen LogP contribution in [0.15, 0.2) is 24.3 Å². The lowest BCUT2D eigenvalue weighted by atomic mass is 9.65. The van der Waals surface area contributed by atoms with Crippen molar-refractivity contribution < 1.29 is 9.59 Å². The normalized spacial score (nSPS) is 21.3. The molecule has 1 aromatic rings. The van der Waals surface area contributed by atoms with Crippen LogP contribution in [0.4, 0.5) is 0 Å². The van der Waals surface area contributed by atoms with Gasteiger partial charge in [0.1, 0.15) is 0 Å². The molecule has 0 N–H and O–H groups in total. The lowest BCUT2D eigenvalue weighted by Gasteiger charge is -2.43. The summed E-state index contributed by atoms with van der Waals surface area (Å²) in [7, 11) is 0. The van der Waals surface area contributed by atoms with Crippen LogP contribution in [0.1, 0.15) is 42.1 Å². The number of aryl methyl sites for hydroxylation is 1. The van der Waals surface area contributed by atoms with E-state index in [1.807, 2.05) is 23.1 Å². The number of amides is 1. The molecule has 1 aromatic carbocycles. The van der Waals surface area contributed by atoms with Crippen LogP contribution < -0.4 is 0 Å². The molecule has 0 aromatic heterocycles. The summed E-state index contributed by atoms with van der Waals surface area (Å²) in [5.41, 5.74) is 1.89. The highest BCUT2D eigenvalue weighted by Crippen LogP contribution is 2.43. The highest BCUT2D eigenvalue weighted by molar-refractivity contribution is 6.03. The maximum atomic E-state index is 12.8. The standard InChI is InChI=1S/C16H19NO2/c1-12(18)17-10-8-16(9-11-17)7-6-13-4-2-3-5-14(13)15(16)19/h2-5H,6-11H2,1H3. The molecule has 19 heavy (non-hydrogen) atoms. The van der Waals surface area contributed by atoms with Gasteiger partial charge in [-0.05, 0) is 31.2 Å². The van der Waals surface area contributed by atoms with Gasteiger partial charge in [-0.15, -0.1) is 0 Å². The zero-order chi connectivity index (χ0) is 13.5. The van der Waals surface area contributed by atoms with Crippen molar-refractivity contribution in [3.63, 3.8) is 0 Å². The van der Waals surface area contributed by atoms with Crippen molar-refractivity contribution in [2.75, 3.05) is 13.1 Å². The quantitative estimate of drug-likeness (QED) is 0.716. The SMILES string of the molecule is CC(=O)N1CCC2(CCc3ccccc3C2=O)CC1. The van der Waals surface area contributed by atoms with Crippen LogP contribution in [0.3, 0.4) is 0 Å². The minimum absolute atomic E-state index is 0.124. The van der Waals surface area contributed by atoms with Gasteiger partial charge in [-0.1, -0.05) is 24.3 Å². The zero-order valence-electron chi connectivity index (χ0n) is 11.3. The molecule has 0 bridgehead atoms. The third-order valence-corrected chi connectivity index (χ3v) is 4.78. The Hall–Kier alpha value is -1.64. The van der Waals surface area contributed by atoms with Crippen LogP contribution in [-0.2, 0) is 11.2 Å². The average Bonchev–Trinajstić information content (AvgIpc) is 2.44. The van der Waals surface area contributed by atoms with Gasteiger partial charge in [0.05, 0.1) is 0 Å². The summed E-state index contributed by atoms with van der Waals surface area (Å²) < 4.78 is 0. The number of piperidine rings is 1. The van der Waals surface area contributed by atoms with Crippen molar-refractivity contribution in [2.24, 2.45) is 5.41 Å². The first-order valence-corrected chi connectivity index (χ1v) is 7.01. The van der Waals surface area contributed by atoms with Crippen molar-refractivity contribution in [3.8, 4) is 0 Å². The molecule has 2 aliphatic rings. The highest BCUT2D eigenvalue weighted by Gasteiger charge is 2.44. The van der Waals surface area contributed by atoms with Crippen LogP contribution in [-0.4, -0.2) is 29.7 Å². The summed E-state index contributed by atoms with van der Waals surface area (Å²) in [5.74, 6) is 0.427. The van der Waals surface area contributed by atoms with E-state index in [1.54, 1.807) is 6.92 Å². The summed E-state index contributed by atoms with van der Waals surface area (Å²) in [6.07, 6.45) is 3.57. The minimum atomic E-state index is -0.208. The molecule has 1 aliphatic carbocycles. The lowest BCUT2D eigenvalue weighted by Crippen LogP contribution is -2.47. The number of nitrogens with zero attached hydrogens (tertiary/aromatic N) is 1. The number of Topliss-reactive ketones (excluding diaryl/α,β-unsaturated/α-hetero) is 1. The Morgan fingerprint density at radius 2 is 1.84 bits per heavy atom. The van der Waals surface area contributed by atoms with E-state index >= 15 is 0 Å². The van der Waals surface area contributed by atoms with E-state index in [4.69, 9.17) is 0 Å². The molecule has 3 heteroatoms. The lowest BCUT2D eigenvalue weighted by molar-refractivity contribution is -0.130. The Morgan fingerprint density at radius 3 is 2.53 bits per heavy atom. The Labute approximate surface area is 113 Å². The van der Waals surface area contributed by atoms with E-state index in [0.29, 0.717) is 5.78 Å². The molecule has 1 fully saturated rings. The molecule has 0 atom stereocenters. The minimum Gasteiger partial charge on any atom is -0.343 e. The number of hydrogen-bond donors (Lipinski definition) is 0. The van der Waals surface area contributed by atoms with Gasteiger partial charge in [0.15, 0.2) is 5.78 Å². The molecule has 1 saturated heterocycles. The van der Waals surface area contributed by atoms with Crippen LogP contribution in [0.2, 0.25) is 0 Å². The first-order chi connectivity index (χ1) is 9.12. The van der Waals surface area contributed by atoms with E-state index in [1.165, 1.54) is 5.56 Å². The van der Waals surface area contributed by atoms with E-state index in [-0.39, 0.29) is 11.3 Å². The van der Waals surface area contributed by atoms with Crippen molar-refractivity contribution in [1.82, 2.24) is 4.90 Å². The number of likely N-dealkylation sites (tertiary alicyclic amines) is 1. The van der Waals surface area contributed by atoms with Gasteiger partial charge < -0.3 is 4.90 Å². The number of rotatable bonds is 0. The van der Waals surface area contributed by atoms with Crippen LogP contribution in [0.5, 0.6) is 0 Å². The van der Waals surface area contributed by atoms with Gasteiger partial charge in [0.25, 0.3) is 0 Å². The smallest absolute Gasteiger partial charge is 0.219 e. The van der Waals surface area contributed by atoms with Crippen molar-refractivity contribution >= 4 is 11.7 Å². The predicted octanol–water partition coefficient (Wildman–Crippen LogP) is 2.44. The van der Waals surface area contributed by atoms with Crippen molar-refractivity contribution in [3.05, 3.63) is 35.4 Å². The number of hydrogen-bond acceptors (Lipinski definition) is 2. The number of benzene rings is 1. The molecule has 100 valence electrons. The monoisotopic (exact) mass is 257 g/mol. The van der Waals surface area contributed by atoms with Crippen LogP contribution in [0, 0.1) is 5.41 Å². The predicted molar refractivity (Wildman–Crippen MR) is 73.0 cm³/mol. The van der Waals surface area contributed by atoms with E-state index < -0.39 is 0 Å². The van der Waals surface area contributed by atoms with Gasteiger partial charge in [-0.25, -0.2) is 0 Å². The molecular formula is C16H19NO2. The van der Waals surface area contributed by atoms with Gasteiger partial charge in [0, 0.05) is 31.0 Å². The Kier molecular flexibility index (Phi) is 2.92. The van der Waals surface area contributed by atoms with Gasteiger partial charge in [-0.2, -0.15) is 0 Å². The van der Waals surface area contributed by atoms with Crippen molar-refractivity contribution in [2.45, 2.75) is 32.6 Å². The summed E-state index contributed by atoms with van der Waals surface area (Å²) >= 11 is 0. The van der Waals surface area contributed by atoms with E-state index in [2.05, 4.69) is 6.07 Å². The topological polar surface area (TPSA) is 37.4 Å². The Morgan fingerprint density at radius 1 is 1.16 bits per heavy atom. The van der Waals surface area contributed by atoms with Gasteiger partial charge >= 0.3 is 0 Å². The molecule has 1 heterocycles. The molecule has 3 nitrogen and oxygen atoms in total. The second-order valence-corrected chi connectivity index (χ2v) is 5.77. The first-order valence-electron chi connectivity index (χ1n) is 7.01. The summed E-state index contributed by atoms with van der Waals surface area (Å²) in [6, 6.07) is 7.96. The number of fused-ring (bicyclic) bond motifs is 1. The second-order valence-electron chi connectivity index (χ2n) is 5.77. The largest absolute Gasteiger partial charge is 0.343 e.